The molecule has 1 amide bonds. The van der Waals surface area contributed by atoms with Gasteiger partial charge in [0, 0.05) is 17.8 Å². The molecular formula is C14H16N2O3S. The Balaban J connectivity index is 1.75. The minimum atomic E-state index is -3.21. The monoisotopic (exact) mass is 292 g/mol. The van der Waals surface area contributed by atoms with E-state index in [1.807, 2.05) is 24.3 Å². The van der Waals surface area contributed by atoms with Crippen LogP contribution in [0.4, 0.5) is 5.69 Å². The zero-order chi connectivity index (χ0) is 14.1. The van der Waals surface area contributed by atoms with E-state index in [2.05, 4.69) is 0 Å². The molecule has 106 valence electrons. The molecule has 2 atom stereocenters. The molecule has 20 heavy (non-hydrogen) atoms. The van der Waals surface area contributed by atoms with Crippen molar-refractivity contribution >= 4 is 21.4 Å². The molecule has 4 fully saturated rings. The lowest BCUT2D eigenvalue weighted by Crippen LogP contribution is -2.65. The van der Waals surface area contributed by atoms with E-state index in [0.29, 0.717) is 6.42 Å². The van der Waals surface area contributed by atoms with Gasteiger partial charge in [-0.3, -0.25) is 4.79 Å². The molecule has 0 spiro atoms. The molecule has 3 heterocycles. The van der Waals surface area contributed by atoms with Gasteiger partial charge in [0.05, 0.1) is 5.25 Å². The number of anilines is 1. The number of benzene rings is 1. The van der Waals surface area contributed by atoms with Crippen LogP contribution in [0.5, 0.6) is 0 Å². The third kappa shape index (κ3) is 1.46. The quantitative estimate of drug-likeness (QED) is 0.862. The maximum Gasteiger partial charge on any atom is 0.245 e. The predicted octanol–water partition coefficient (Wildman–Crippen LogP) is 0.537. The molecule has 2 unspecified atom stereocenters. The molecule has 1 aliphatic carbocycles. The Hall–Kier alpha value is -1.40. The van der Waals surface area contributed by atoms with E-state index in [9.17, 15) is 13.2 Å². The third-order valence-electron chi connectivity index (χ3n) is 4.79. The number of para-hydroxylation sites is 1. The van der Waals surface area contributed by atoms with Gasteiger partial charge >= 0.3 is 0 Å². The lowest BCUT2D eigenvalue weighted by Gasteiger charge is -2.45. The van der Waals surface area contributed by atoms with Gasteiger partial charge in [0.1, 0.15) is 5.25 Å². The van der Waals surface area contributed by atoms with E-state index < -0.39 is 20.3 Å². The van der Waals surface area contributed by atoms with Crippen molar-refractivity contribution in [3.05, 3.63) is 29.8 Å². The van der Waals surface area contributed by atoms with E-state index in [0.717, 1.165) is 24.1 Å². The number of hydrogen-bond donors (Lipinski definition) is 1. The lowest BCUT2D eigenvalue weighted by atomic mass is 9.99. The van der Waals surface area contributed by atoms with Crippen LogP contribution in [0.2, 0.25) is 0 Å². The summed E-state index contributed by atoms with van der Waals surface area (Å²) in [4.78, 5) is 14.0. The van der Waals surface area contributed by atoms with E-state index >= 15 is 0 Å². The van der Waals surface area contributed by atoms with E-state index in [1.165, 1.54) is 0 Å². The van der Waals surface area contributed by atoms with E-state index in [1.54, 1.807) is 4.90 Å². The largest absolute Gasteiger partial charge is 0.321 e. The number of amides is 1. The van der Waals surface area contributed by atoms with Crippen molar-refractivity contribution in [1.29, 1.82) is 0 Å². The van der Waals surface area contributed by atoms with Crippen molar-refractivity contribution in [1.82, 2.24) is 0 Å². The lowest BCUT2D eigenvalue weighted by molar-refractivity contribution is -0.119. The molecule has 1 saturated carbocycles. The molecular weight excluding hydrogens is 276 g/mol. The molecule has 5 rings (SSSR count). The normalized spacial score (nSPS) is 32.6. The van der Waals surface area contributed by atoms with Gasteiger partial charge in [-0.05, 0) is 30.9 Å². The Bertz CT molecular complexity index is 709. The number of sulfone groups is 1. The number of piperidine rings is 1. The third-order valence-corrected chi connectivity index (χ3v) is 7.24. The zero-order valence-electron chi connectivity index (χ0n) is 11.0. The SMILES string of the molecule is NC1(c2ccccc2N2CC3CC(C2=O)S3(=O)=O)CC1. The maximum absolute atomic E-state index is 12.4. The molecule has 5 nitrogen and oxygen atoms in total. The van der Waals surface area contributed by atoms with Crippen LogP contribution in [0.25, 0.3) is 0 Å². The smallest absolute Gasteiger partial charge is 0.245 e. The Morgan fingerprint density at radius 1 is 1.25 bits per heavy atom. The summed E-state index contributed by atoms with van der Waals surface area (Å²) in [6.07, 6.45) is 2.31. The molecule has 4 aliphatic rings. The number of hydrogen-bond acceptors (Lipinski definition) is 4. The fraction of sp³-hybridized carbons (Fsp3) is 0.500. The van der Waals surface area contributed by atoms with Crippen LogP contribution in [0, 0.1) is 0 Å². The highest BCUT2D eigenvalue weighted by atomic mass is 32.2. The van der Waals surface area contributed by atoms with Gasteiger partial charge in [-0.15, -0.1) is 0 Å². The fourth-order valence-corrected chi connectivity index (χ4v) is 5.09. The Kier molecular flexibility index (Phi) is 2.24. The van der Waals surface area contributed by atoms with E-state index in [-0.39, 0.29) is 18.0 Å². The summed E-state index contributed by atoms with van der Waals surface area (Å²) < 4.78 is 23.7. The van der Waals surface area contributed by atoms with Crippen molar-refractivity contribution < 1.29 is 13.2 Å². The van der Waals surface area contributed by atoms with Gasteiger partial charge in [-0.2, -0.15) is 0 Å². The summed E-state index contributed by atoms with van der Waals surface area (Å²) in [5.41, 5.74) is 7.69. The van der Waals surface area contributed by atoms with Crippen molar-refractivity contribution in [3.63, 3.8) is 0 Å². The molecule has 2 N–H and O–H groups in total. The van der Waals surface area contributed by atoms with Gasteiger partial charge in [0.25, 0.3) is 0 Å². The van der Waals surface area contributed by atoms with Gasteiger partial charge in [-0.1, -0.05) is 18.2 Å². The predicted molar refractivity (Wildman–Crippen MR) is 75.0 cm³/mol. The van der Waals surface area contributed by atoms with Crippen molar-refractivity contribution in [2.75, 3.05) is 11.4 Å². The van der Waals surface area contributed by atoms with Crippen LogP contribution < -0.4 is 10.6 Å². The second-order valence-corrected chi connectivity index (χ2v) is 8.47. The molecule has 1 aromatic carbocycles. The highest BCUT2D eigenvalue weighted by Gasteiger charge is 2.58. The summed E-state index contributed by atoms with van der Waals surface area (Å²) in [6, 6.07) is 7.60. The highest BCUT2D eigenvalue weighted by molar-refractivity contribution is 7.95. The van der Waals surface area contributed by atoms with Gasteiger partial charge in [-0.25, -0.2) is 8.42 Å². The Morgan fingerprint density at radius 2 is 1.95 bits per heavy atom. The molecule has 3 aliphatic heterocycles. The number of nitrogens with two attached hydrogens (primary N) is 1. The number of carbonyl (C=O) groups is 1. The minimum absolute atomic E-state index is 0.269. The molecule has 0 aromatic heterocycles. The van der Waals surface area contributed by atoms with Gasteiger partial charge < -0.3 is 10.6 Å². The van der Waals surface area contributed by atoms with Crippen LogP contribution in [0.15, 0.2) is 24.3 Å². The number of rotatable bonds is 2. The van der Waals surface area contributed by atoms with Crippen LogP contribution in [-0.4, -0.2) is 31.4 Å². The molecule has 1 aromatic rings. The zero-order valence-corrected chi connectivity index (χ0v) is 11.8. The summed E-state index contributed by atoms with van der Waals surface area (Å²) >= 11 is 0. The first-order chi connectivity index (χ1) is 9.43. The first kappa shape index (κ1) is 12.3. The molecule has 6 heteroatoms. The summed E-state index contributed by atoms with van der Waals surface area (Å²) in [5.74, 6) is -0.288. The number of nitrogens with zero attached hydrogens (tertiary/aromatic N) is 1. The second kappa shape index (κ2) is 3.62. The molecule has 3 saturated heterocycles. The van der Waals surface area contributed by atoms with Crippen LogP contribution in [0.3, 0.4) is 0 Å². The van der Waals surface area contributed by atoms with Crippen molar-refractivity contribution in [3.8, 4) is 0 Å². The van der Waals surface area contributed by atoms with Gasteiger partial charge in [0.15, 0.2) is 9.84 Å². The van der Waals surface area contributed by atoms with Crippen molar-refractivity contribution in [2.24, 2.45) is 5.73 Å². The van der Waals surface area contributed by atoms with Crippen molar-refractivity contribution in [2.45, 2.75) is 35.3 Å². The standard InChI is InChI=1S/C14H16N2O3S/c15-14(5-6-14)10-3-1-2-4-11(10)16-8-9-7-12(13(16)17)20(9,18)19/h1-4,9,12H,5-8,15H2. The topological polar surface area (TPSA) is 80.5 Å². The van der Waals surface area contributed by atoms with Crippen LogP contribution in [0.1, 0.15) is 24.8 Å². The summed E-state index contributed by atoms with van der Waals surface area (Å²) in [5, 5.41) is -1.23. The fourth-order valence-electron chi connectivity index (χ4n) is 3.26. The Morgan fingerprint density at radius 3 is 2.55 bits per heavy atom. The van der Waals surface area contributed by atoms with Crippen LogP contribution >= 0.6 is 0 Å². The molecule has 0 radical (unpaired) electrons. The van der Waals surface area contributed by atoms with E-state index in [4.69, 9.17) is 5.73 Å². The molecule has 2 bridgehead atoms. The summed E-state index contributed by atoms with van der Waals surface area (Å²) in [7, 11) is -3.21. The highest BCUT2D eigenvalue weighted by Crippen LogP contribution is 2.48. The minimum Gasteiger partial charge on any atom is -0.321 e. The number of carbonyl (C=O) groups excluding carboxylic acids is 1. The summed E-state index contributed by atoms with van der Waals surface area (Å²) in [6.45, 7) is 0.269. The second-order valence-electron chi connectivity index (χ2n) is 6.06. The van der Waals surface area contributed by atoms with Crippen LogP contribution in [-0.2, 0) is 20.2 Å². The average molecular weight is 292 g/mol. The number of fused-ring (bicyclic) bond motifs is 2. The average Bonchev–Trinajstić information content (AvgIpc) is 3.17. The first-order valence-electron chi connectivity index (χ1n) is 6.86. The van der Waals surface area contributed by atoms with Gasteiger partial charge in [0.2, 0.25) is 5.91 Å². The maximum atomic E-state index is 12.4. The Labute approximate surface area is 117 Å². The first-order valence-corrected chi connectivity index (χ1v) is 8.47.